The van der Waals surface area contributed by atoms with Crippen LogP contribution < -0.4 is 5.32 Å². The first kappa shape index (κ1) is 11.4. The molecule has 13 heavy (non-hydrogen) atoms. The fraction of sp³-hybridized carbons (Fsp3) is 0.625. The molecular weight excluding hydrogens is 170 g/mol. The maximum absolute atomic E-state index is 11.2. The monoisotopic (exact) mass is 183 g/mol. The van der Waals surface area contributed by atoms with Gasteiger partial charge in [-0.05, 0) is 13.8 Å². The fourth-order valence-electron chi connectivity index (χ4n) is 0.590. The van der Waals surface area contributed by atoms with Gasteiger partial charge in [-0.1, -0.05) is 0 Å². The summed E-state index contributed by atoms with van der Waals surface area (Å²) < 4.78 is 0. The van der Waals surface area contributed by atoms with Crippen LogP contribution >= 0.6 is 0 Å². The summed E-state index contributed by atoms with van der Waals surface area (Å²) in [6.07, 6.45) is 0. The smallest absolute Gasteiger partial charge is 0.311 e. The Bertz CT molecular complexity index is 242. The van der Waals surface area contributed by atoms with Crippen molar-refractivity contribution in [2.45, 2.75) is 19.9 Å². The second-order valence-corrected chi connectivity index (χ2v) is 2.85. The van der Waals surface area contributed by atoms with E-state index in [2.05, 4.69) is 5.32 Å². The van der Waals surface area contributed by atoms with Crippen LogP contribution in [0, 0.1) is 11.3 Å². The van der Waals surface area contributed by atoms with Gasteiger partial charge in [0.25, 0.3) is 0 Å². The molecule has 0 aliphatic heterocycles. The fourth-order valence-corrected chi connectivity index (χ4v) is 0.590. The molecule has 0 aliphatic carbocycles. The zero-order valence-electron chi connectivity index (χ0n) is 8.00. The van der Waals surface area contributed by atoms with Gasteiger partial charge in [-0.15, -0.1) is 0 Å². The van der Waals surface area contributed by atoms with Crippen LogP contribution in [0.2, 0.25) is 0 Å². The van der Waals surface area contributed by atoms with E-state index in [-0.39, 0.29) is 12.6 Å². The van der Waals surface area contributed by atoms with Crippen LogP contribution in [-0.2, 0) is 9.59 Å². The molecule has 0 saturated heterocycles. The standard InChI is InChI=1S/C8H13N3O2/c1-6(2)11(3)8(13)7(12)10-5-4-9/h6H,5H2,1-3H3,(H,10,12). The van der Waals surface area contributed by atoms with E-state index in [4.69, 9.17) is 5.26 Å². The number of rotatable bonds is 2. The van der Waals surface area contributed by atoms with Crippen molar-refractivity contribution >= 4 is 11.8 Å². The van der Waals surface area contributed by atoms with Gasteiger partial charge in [-0.2, -0.15) is 5.26 Å². The van der Waals surface area contributed by atoms with E-state index in [1.54, 1.807) is 27.0 Å². The summed E-state index contributed by atoms with van der Waals surface area (Å²) in [6.45, 7) is 3.46. The van der Waals surface area contributed by atoms with Gasteiger partial charge in [0.1, 0.15) is 6.54 Å². The number of likely N-dealkylation sites (N-methyl/N-ethyl adjacent to an activating group) is 1. The molecule has 0 aliphatic rings. The second kappa shape index (κ2) is 5.14. The lowest BCUT2D eigenvalue weighted by Gasteiger charge is -2.20. The first-order valence-corrected chi connectivity index (χ1v) is 3.92. The number of hydrogen-bond acceptors (Lipinski definition) is 3. The van der Waals surface area contributed by atoms with Crippen molar-refractivity contribution in [3.05, 3.63) is 0 Å². The highest BCUT2D eigenvalue weighted by Gasteiger charge is 2.19. The zero-order chi connectivity index (χ0) is 10.4. The van der Waals surface area contributed by atoms with Crippen molar-refractivity contribution in [3.63, 3.8) is 0 Å². The Labute approximate surface area is 77.3 Å². The molecule has 0 unspecified atom stereocenters. The van der Waals surface area contributed by atoms with Crippen LogP contribution in [0.15, 0.2) is 0 Å². The first-order valence-electron chi connectivity index (χ1n) is 3.92. The van der Waals surface area contributed by atoms with E-state index in [0.29, 0.717) is 0 Å². The Morgan fingerprint density at radius 3 is 2.46 bits per heavy atom. The minimum absolute atomic E-state index is 0.0275. The van der Waals surface area contributed by atoms with E-state index in [1.165, 1.54) is 4.90 Å². The van der Waals surface area contributed by atoms with Crippen molar-refractivity contribution < 1.29 is 9.59 Å². The van der Waals surface area contributed by atoms with Crippen LogP contribution in [0.3, 0.4) is 0 Å². The minimum Gasteiger partial charge on any atom is -0.335 e. The number of nitrogens with zero attached hydrogens (tertiary/aromatic N) is 2. The van der Waals surface area contributed by atoms with E-state index in [0.717, 1.165) is 0 Å². The molecule has 0 aromatic heterocycles. The largest absolute Gasteiger partial charge is 0.335 e. The molecule has 0 bridgehead atoms. The Hall–Kier alpha value is -1.57. The third kappa shape index (κ3) is 3.56. The maximum atomic E-state index is 11.2. The molecule has 0 rings (SSSR count). The quantitative estimate of drug-likeness (QED) is 0.463. The molecule has 0 fully saturated rings. The van der Waals surface area contributed by atoms with Crippen molar-refractivity contribution in [1.29, 1.82) is 5.26 Å². The van der Waals surface area contributed by atoms with E-state index >= 15 is 0 Å². The Morgan fingerprint density at radius 2 is 2.08 bits per heavy atom. The summed E-state index contributed by atoms with van der Waals surface area (Å²) in [4.78, 5) is 23.5. The van der Waals surface area contributed by atoms with Crippen molar-refractivity contribution in [2.24, 2.45) is 0 Å². The summed E-state index contributed by atoms with van der Waals surface area (Å²) in [7, 11) is 1.54. The predicted octanol–water partition coefficient (Wildman–Crippen LogP) is -0.507. The molecule has 1 N–H and O–H groups in total. The van der Waals surface area contributed by atoms with Crippen LogP contribution in [0.25, 0.3) is 0 Å². The highest BCUT2D eigenvalue weighted by molar-refractivity contribution is 6.35. The van der Waals surface area contributed by atoms with Crippen LogP contribution in [-0.4, -0.2) is 36.3 Å². The lowest BCUT2D eigenvalue weighted by molar-refractivity contribution is -0.145. The molecule has 0 saturated carbocycles. The second-order valence-electron chi connectivity index (χ2n) is 2.85. The van der Waals surface area contributed by atoms with Crippen molar-refractivity contribution in [3.8, 4) is 6.07 Å². The molecular formula is C8H13N3O2. The Balaban J connectivity index is 4.12. The average Bonchev–Trinajstić information content (AvgIpc) is 2.11. The van der Waals surface area contributed by atoms with E-state index in [1.807, 2.05) is 0 Å². The molecule has 0 spiro atoms. The number of carbonyl (C=O) groups excluding carboxylic acids is 2. The number of hydrogen-bond donors (Lipinski definition) is 1. The molecule has 72 valence electrons. The van der Waals surface area contributed by atoms with Crippen molar-refractivity contribution in [1.82, 2.24) is 10.2 Å². The minimum atomic E-state index is -0.738. The molecule has 0 aromatic carbocycles. The lowest BCUT2D eigenvalue weighted by atomic mass is 10.3. The maximum Gasteiger partial charge on any atom is 0.311 e. The van der Waals surface area contributed by atoms with Gasteiger partial charge in [0.05, 0.1) is 6.07 Å². The van der Waals surface area contributed by atoms with Gasteiger partial charge >= 0.3 is 11.8 Å². The van der Waals surface area contributed by atoms with E-state index in [9.17, 15) is 9.59 Å². The van der Waals surface area contributed by atoms with Crippen molar-refractivity contribution in [2.75, 3.05) is 13.6 Å². The molecule has 5 nitrogen and oxygen atoms in total. The molecule has 0 radical (unpaired) electrons. The number of nitrogens with one attached hydrogen (secondary N) is 1. The summed E-state index contributed by atoms with van der Waals surface area (Å²) in [5, 5.41) is 10.3. The molecule has 0 aromatic rings. The van der Waals surface area contributed by atoms with Gasteiger partial charge in [0.15, 0.2) is 0 Å². The molecule has 0 heterocycles. The number of carbonyl (C=O) groups is 2. The Morgan fingerprint density at radius 1 is 1.54 bits per heavy atom. The molecule has 2 amide bonds. The predicted molar refractivity (Wildman–Crippen MR) is 46.5 cm³/mol. The third-order valence-corrected chi connectivity index (χ3v) is 1.62. The van der Waals surface area contributed by atoms with Crippen LogP contribution in [0.5, 0.6) is 0 Å². The highest BCUT2D eigenvalue weighted by Crippen LogP contribution is 1.93. The Kier molecular flexibility index (Phi) is 4.52. The number of amides is 2. The van der Waals surface area contributed by atoms with Crippen LogP contribution in [0.1, 0.15) is 13.8 Å². The van der Waals surface area contributed by atoms with Gasteiger partial charge in [-0.25, -0.2) is 0 Å². The topological polar surface area (TPSA) is 73.2 Å². The lowest BCUT2D eigenvalue weighted by Crippen LogP contribution is -2.44. The average molecular weight is 183 g/mol. The summed E-state index contributed by atoms with van der Waals surface area (Å²) in [5.74, 6) is -1.36. The van der Waals surface area contributed by atoms with Crippen LogP contribution in [0.4, 0.5) is 0 Å². The van der Waals surface area contributed by atoms with Gasteiger partial charge in [0.2, 0.25) is 0 Å². The van der Waals surface area contributed by atoms with Gasteiger partial charge in [0, 0.05) is 13.1 Å². The summed E-state index contributed by atoms with van der Waals surface area (Å²) in [6, 6.07) is 1.69. The molecule has 5 heteroatoms. The zero-order valence-corrected chi connectivity index (χ0v) is 8.00. The van der Waals surface area contributed by atoms with Gasteiger partial charge in [-0.3, -0.25) is 9.59 Å². The third-order valence-electron chi connectivity index (χ3n) is 1.62. The summed E-state index contributed by atoms with van der Waals surface area (Å²) in [5.41, 5.74) is 0. The summed E-state index contributed by atoms with van der Waals surface area (Å²) >= 11 is 0. The van der Waals surface area contributed by atoms with Gasteiger partial charge < -0.3 is 10.2 Å². The van der Waals surface area contributed by atoms with E-state index < -0.39 is 11.8 Å². The SMILES string of the molecule is CC(C)N(C)C(=O)C(=O)NCC#N. The number of nitriles is 1. The normalized spacial score (nSPS) is 9.15. The highest BCUT2D eigenvalue weighted by atomic mass is 16.2. The molecule has 0 atom stereocenters. The first-order chi connectivity index (χ1) is 6.00.